The van der Waals surface area contributed by atoms with Crippen molar-refractivity contribution in [3.8, 4) is 17.1 Å². The number of nitrogens with zero attached hydrogens (tertiary/aromatic N) is 3. The highest BCUT2D eigenvalue weighted by Crippen LogP contribution is 2.21. The van der Waals surface area contributed by atoms with Gasteiger partial charge in [0.1, 0.15) is 11.4 Å². The van der Waals surface area contributed by atoms with Crippen LogP contribution in [0.5, 0.6) is 5.75 Å². The summed E-state index contributed by atoms with van der Waals surface area (Å²) in [5.74, 6) is 0.672. The monoisotopic (exact) mass is 304 g/mol. The number of ether oxygens (including phenoxy) is 1. The van der Waals surface area contributed by atoms with Crippen LogP contribution in [0.15, 0.2) is 24.5 Å². The smallest absolute Gasteiger partial charge is 0.209 e. The summed E-state index contributed by atoms with van der Waals surface area (Å²) >= 11 is 0. The quantitative estimate of drug-likeness (QED) is 0.856. The fourth-order valence-corrected chi connectivity index (χ4v) is 2.50. The summed E-state index contributed by atoms with van der Waals surface area (Å²) in [6.07, 6.45) is 5.49. The first kappa shape index (κ1) is 14.5. The minimum atomic E-state index is -0.428. The van der Waals surface area contributed by atoms with Gasteiger partial charge in [0.15, 0.2) is 5.82 Å². The standard InChI is InChI=1S/C15H17FN4O2/c16-13-8-18-19-15(13)14-2-1-12(7-17-14)22-9-11-3-5-20(10-21)6-4-11/h1-2,7-8,10-11H,3-6,9H2,(H,18,19). The molecule has 1 fully saturated rings. The van der Waals surface area contributed by atoms with Crippen molar-refractivity contribution in [2.45, 2.75) is 12.8 Å². The van der Waals surface area contributed by atoms with Gasteiger partial charge >= 0.3 is 0 Å². The Morgan fingerprint density at radius 2 is 2.18 bits per heavy atom. The maximum atomic E-state index is 13.4. The summed E-state index contributed by atoms with van der Waals surface area (Å²) in [5, 5.41) is 6.20. The minimum Gasteiger partial charge on any atom is -0.492 e. The van der Waals surface area contributed by atoms with E-state index in [1.165, 1.54) is 0 Å². The molecule has 0 unspecified atom stereocenters. The maximum Gasteiger partial charge on any atom is 0.209 e. The van der Waals surface area contributed by atoms with Crippen LogP contribution in [0, 0.1) is 11.7 Å². The number of pyridine rings is 1. The predicted molar refractivity (Wildman–Crippen MR) is 77.6 cm³/mol. The lowest BCUT2D eigenvalue weighted by atomic mass is 9.98. The number of hydrogen-bond acceptors (Lipinski definition) is 4. The first-order valence-corrected chi connectivity index (χ1v) is 7.23. The number of likely N-dealkylation sites (tertiary alicyclic amines) is 1. The average Bonchev–Trinajstić information content (AvgIpc) is 3.00. The van der Waals surface area contributed by atoms with Crippen molar-refractivity contribution in [1.82, 2.24) is 20.1 Å². The molecule has 7 heteroatoms. The Morgan fingerprint density at radius 1 is 1.36 bits per heavy atom. The second kappa shape index (κ2) is 6.55. The zero-order valence-electron chi connectivity index (χ0n) is 12.0. The van der Waals surface area contributed by atoms with Crippen LogP contribution in [0.1, 0.15) is 12.8 Å². The molecule has 2 aromatic rings. The van der Waals surface area contributed by atoms with Crippen molar-refractivity contribution < 1.29 is 13.9 Å². The Labute approximate surface area is 127 Å². The maximum absolute atomic E-state index is 13.4. The average molecular weight is 304 g/mol. The van der Waals surface area contributed by atoms with Gasteiger partial charge in [0, 0.05) is 13.1 Å². The molecule has 0 bridgehead atoms. The van der Waals surface area contributed by atoms with Gasteiger partial charge in [-0.05, 0) is 30.9 Å². The highest BCUT2D eigenvalue weighted by molar-refractivity contribution is 5.54. The van der Waals surface area contributed by atoms with Gasteiger partial charge < -0.3 is 9.64 Å². The molecule has 116 valence electrons. The largest absolute Gasteiger partial charge is 0.492 e. The van der Waals surface area contributed by atoms with E-state index in [9.17, 15) is 9.18 Å². The Balaban J connectivity index is 1.54. The van der Waals surface area contributed by atoms with Crippen LogP contribution >= 0.6 is 0 Å². The van der Waals surface area contributed by atoms with E-state index in [1.54, 1.807) is 23.2 Å². The molecular formula is C15H17FN4O2. The normalized spacial score (nSPS) is 15.8. The van der Waals surface area contributed by atoms with Crippen LogP contribution in [0.4, 0.5) is 4.39 Å². The van der Waals surface area contributed by atoms with Gasteiger partial charge in [-0.2, -0.15) is 5.10 Å². The number of rotatable bonds is 5. The second-order valence-electron chi connectivity index (χ2n) is 5.37. The number of amides is 1. The molecule has 0 saturated carbocycles. The van der Waals surface area contributed by atoms with Crippen LogP contribution in [0.25, 0.3) is 11.4 Å². The van der Waals surface area contributed by atoms with Gasteiger partial charge in [-0.15, -0.1) is 0 Å². The third-order valence-electron chi connectivity index (χ3n) is 3.87. The number of carbonyl (C=O) groups is 1. The Hall–Kier alpha value is -2.44. The lowest BCUT2D eigenvalue weighted by Crippen LogP contribution is -2.34. The zero-order chi connectivity index (χ0) is 15.4. The second-order valence-corrected chi connectivity index (χ2v) is 5.37. The van der Waals surface area contributed by atoms with Gasteiger partial charge in [-0.3, -0.25) is 14.9 Å². The molecule has 3 heterocycles. The predicted octanol–water partition coefficient (Wildman–Crippen LogP) is 1.86. The van der Waals surface area contributed by atoms with Crippen molar-refractivity contribution in [1.29, 1.82) is 0 Å². The van der Waals surface area contributed by atoms with E-state index in [0.717, 1.165) is 38.5 Å². The molecule has 0 spiro atoms. The number of hydrogen-bond donors (Lipinski definition) is 1. The van der Waals surface area contributed by atoms with Crippen molar-refractivity contribution in [3.05, 3.63) is 30.3 Å². The Bertz CT molecular complexity index is 621. The lowest BCUT2D eigenvalue weighted by Gasteiger charge is -2.28. The van der Waals surface area contributed by atoms with E-state index in [4.69, 9.17) is 4.74 Å². The Morgan fingerprint density at radius 3 is 2.77 bits per heavy atom. The molecular weight excluding hydrogens is 287 g/mol. The third-order valence-corrected chi connectivity index (χ3v) is 3.87. The fourth-order valence-electron chi connectivity index (χ4n) is 2.50. The summed E-state index contributed by atoms with van der Waals surface area (Å²) in [6, 6.07) is 3.46. The molecule has 3 rings (SSSR count). The highest BCUT2D eigenvalue weighted by atomic mass is 19.1. The molecule has 1 saturated heterocycles. The Kier molecular flexibility index (Phi) is 4.32. The first-order valence-electron chi connectivity index (χ1n) is 7.23. The third kappa shape index (κ3) is 3.24. The minimum absolute atomic E-state index is 0.271. The van der Waals surface area contributed by atoms with Crippen LogP contribution in [-0.4, -0.2) is 46.2 Å². The van der Waals surface area contributed by atoms with Crippen LogP contribution < -0.4 is 4.74 Å². The number of aromatic amines is 1. The summed E-state index contributed by atoms with van der Waals surface area (Å²) < 4.78 is 19.1. The van der Waals surface area contributed by atoms with E-state index in [1.807, 2.05) is 0 Å². The van der Waals surface area contributed by atoms with Crippen molar-refractivity contribution in [2.75, 3.05) is 19.7 Å². The van der Waals surface area contributed by atoms with Gasteiger partial charge in [0.2, 0.25) is 6.41 Å². The fraction of sp³-hybridized carbons (Fsp3) is 0.400. The van der Waals surface area contributed by atoms with Gasteiger partial charge in [-0.25, -0.2) is 4.39 Å². The van der Waals surface area contributed by atoms with Crippen LogP contribution in [0.3, 0.4) is 0 Å². The summed E-state index contributed by atoms with van der Waals surface area (Å²) in [7, 11) is 0. The van der Waals surface area contributed by atoms with E-state index in [2.05, 4.69) is 15.2 Å². The summed E-state index contributed by atoms with van der Waals surface area (Å²) in [6.45, 7) is 2.17. The van der Waals surface area contributed by atoms with Crippen molar-refractivity contribution in [3.63, 3.8) is 0 Å². The SMILES string of the molecule is O=CN1CCC(COc2ccc(-c3[nH]ncc3F)nc2)CC1. The van der Waals surface area contributed by atoms with E-state index >= 15 is 0 Å². The molecule has 0 aromatic carbocycles. The molecule has 1 aliphatic rings. The van der Waals surface area contributed by atoms with Crippen molar-refractivity contribution in [2.24, 2.45) is 5.92 Å². The molecule has 1 N–H and O–H groups in total. The highest BCUT2D eigenvalue weighted by Gasteiger charge is 2.18. The summed E-state index contributed by atoms with van der Waals surface area (Å²) in [4.78, 5) is 16.6. The van der Waals surface area contributed by atoms with Crippen LogP contribution in [-0.2, 0) is 4.79 Å². The van der Waals surface area contributed by atoms with Crippen molar-refractivity contribution >= 4 is 6.41 Å². The topological polar surface area (TPSA) is 71.1 Å². The lowest BCUT2D eigenvalue weighted by molar-refractivity contribution is -0.119. The van der Waals surface area contributed by atoms with Crippen LogP contribution in [0.2, 0.25) is 0 Å². The van der Waals surface area contributed by atoms with E-state index in [0.29, 0.717) is 24.0 Å². The summed E-state index contributed by atoms with van der Waals surface area (Å²) in [5.41, 5.74) is 0.759. The van der Waals surface area contributed by atoms with E-state index in [-0.39, 0.29) is 5.69 Å². The van der Waals surface area contributed by atoms with E-state index < -0.39 is 5.82 Å². The molecule has 0 atom stereocenters. The van der Waals surface area contributed by atoms with Gasteiger partial charge in [0.05, 0.1) is 24.7 Å². The number of aromatic nitrogens is 3. The van der Waals surface area contributed by atoms with Gasteiger partial charge in [0.25, 0.3) is 0 Å². The number of nitrogens with one attached hydrogen (secondary N) is 1. The first-order chi connectivity index (χ1) is 10.8. The molecule has 2 aromatic heterocycles. The number of halogens is 1. The zero-order valence-corrected chi connectivity index (χ0v) is 12.0. The van der Waals surface area contributed by atoms with Gasteiger partial charge in [-0.1, -0.05) is 0 Å². The molecule has 1 amide bonds. The molecule has 0 radical (unpaired) electrons. The molecule has 0 aliphatic carbocycles. The number of piperidine rings is 1. The molecule has 6 nitrogen and oxygen atoms in total. The molecule has 22 heavy (non-hydrogen) atoms. The number of carbonyl (C=O) groups excluding carboxylic acids is 1. The number of H-pyrrole nitrogens is 1. The molecule has 1 aliphatic heterocycles.